The lowest BCUT2D eigenvalue weighted by molar-refractivity contribution is 0.0697. The maximum Gasteiger partial charge on any atom is 0.336 e. The molecular weight excluding hydrogens is 290 g/mol. The van der Waals surface area contributed by atoms with Gasteiger partial charge in [-0.15, -0.1) is 0 Å². The molecule has 0 heterocycles. The molecule has 0 aliphatic carbocycles. The van der Waals surface area contributed by atoms with Gasteiger partial charge in [0.15, 0.2) is 5.96 Å². The summed E-state index contributed by atoms with van der Waals surface area (Å²) in [6, 6.07) is 6.88. The Kier molecular flexibility index (Phi) is 4.40. The van der Waals surface area contributed by atoms with E-state index in [0.29, 0.717) is 11.3 Å². The van der Waals surface area contributed by atoms with Crippen molar-refractivity contribution in [3.05, 3.63) is 52.1 Å². The first-order valence-corrected chi connectivity index (χ1v) is 7.28. The van der Waals surface area contributed by atoms with Crippen molar-refractivity contribution in [1.29, 1.82) is 0 Å². The minimum absolute atomic E-state index is 0.0511. The maximum atomic E-state index is 11.6. The van der Waals surface area contributed by atoms with Crippen LogP contribution in [0.2, 0.25) is 0 Å². The normalized spacial score (nSPS) is 10.4. The zero-order valence-corrected chi connectivity index (χ0v) is 13.8. The highest BCUT2D eigenvalue weighted by Gasteiger charge is 2.20. The summed E-state index contributed by atoms with van der Waals surface area (Å²) >= 11 is 0. The van der Waals surface area contributed by atoms with Gasteiger partial charge in [0, 0.05) is 5.56 Å². The molecule has 2 aromatic rings. The van der Waals surface area contributed by atoms with Gasteiger partial charge in [-0.1, -0.05) is 18.2 Å². The fraction of sp³-hybridized carbons (Fsp3) is 0.222. The van der Waals surface area contributed by atoms with Crippen LogP contribution >= 0.6 is 0 Å². The third-order valence-corrected chi connectivity index (χ3v) is 4.32. The summed E-state index contributed by atoms with van der Waals surface area (Å²) in [6.45, 7) is 7.93. The van der Waals surface area contributed by atoms with E-state index in [2.05, 4.69) is 4.99 Å². The van der Waals surface area contributed by atoms with Gasteiger partial charge in [0.25, 0.3) is 0 Å². The molecule has 2 aromatic carbocycles. The quantitative estimate of drug-likeness (QED) is 0.598. The lowest BCUT2D eigenvalue weighted by atomic mass is 9.87. The van der Waals surface area contributed by atoms with Crippen LogP contribution in [0.25, 0.3) is 11.1 Å². The lowest BCUT2D eigenvalue weighted by Crippen LogP contribution is -2.22. The van der Waals surface area contributed by atoms with E-state index in [-0.39, 0.29) is 11.5 Å². The SMILES string of the molecule is Cc1c(C)c(C)c(-c2ccccc2C(=O)O)c(N=C(N)N)c1C. The predicted molar refractivity (Wildman–Crippen MR) is 93.3 cm³/mol. The van der Waals surface area contributed by atoms with Crippen LogP contribution < -0.4 is 11.5 Å². The first-order valence-electron chi connectivity index (χ1n) is 7.28. The second-order valence-electron chi connectivity index (χ2n) is 5.61. The number of aliphatic imine (C=N–C) groups is 1. The first-order chi connectivity index (χ1) is 10.8. The Balaban J connectivity index is 2.98. The van der Waals surface area contributed by atoms with Gasteiger partial charge in [0.2, 0.25) is 0 Å². The van der Waals surface area contributed by atoms with Crippen molar-refractivity contribution in [2.45, 2.75) is 27.7 Å². The number of nitrogens with zero attached hydrogens (tertiary/aromatic N) is 1. The predicted octanol–water partition coefficient (Wildman–Crippen LogP) is 3.19. The van der Waals surface area contributed by atoms with Gasteiger partial charge in [-0.05, 0) is 61.6 Å². The van der Waals surface area contributed by atoms with Crippen molar-refractivity contribution in [3.8, 4) is 11.1 Å². The fourth-order valence-corrected chi connectivity index (χ4v) is 2.78. The first kappa shape index (κ1) is 16.5. The standard InChI is InChI=1S/C18H21N3O2/c1-9-10(2)12(4)16(21-18(19)20)15(11(9)3)13-7-5-6-8-14(13)17(22)23/h5-8H,1-4H3,(H,22,23)(H4,19,20,21). The van der Waals surface area contributed by atoms with Crippen LogP contribution in [0.15, 0.2) is 29.3 Å². The third-order valence-electron chi connectivity index (χ3n) is 4.32. The van der Waals surface area contributed by atoms with Crippen molar-refractivity contribution in [2.24, 2.45) is 16.5 Å². The number of hydrogen-bond donors (Lipinski definition) is 3. The van der Waals surface area contributed by atoms with Crippen LogP contribution in [-0.4, -0.2) is 17.0 Å². The van der Waals surface area contributed by atoms with E-state index in [4.69, 9.17) is 11.5 Å². The van der Waals surface area contributed by atoms with Gasteiger partial charge >= 0.3 is 5.97 Å². The molecule has 5 nitrogen and oxygen atoms in total. The Hall–Kier alpha value is -2.82. The third kappa shape index (κ3) is 2.90. The summed E-state index contributed by atoms with van der Waals surface area (Å²) in [4.78, 5) is 15.9. The molecule has 5 N–H and O–H groups in total. The van der Waals surface area contributed by atoms with Gasteiger partial charge in [-0.3, -0.25) is 0 Å². The molecule has 120 valence electrons. The van der Waals surface area contributed by atoms with Gasteiger partial charge in [0.05, 0.1) is 11.3 Å². The molecule has 23 heavy (non-hydrogen) atoms. The van der Waals surface area contributed by atoms with E-state index in [1.54, 1.807) is 18.2 Å². The average Bonchev–Trinajstić information content (AvgIpc) is 2.50. The molecule has 0 saturated heterocycles. The number of aromatic carboxylic acids is 1. The zero-order valence-electron chi connectivity index (χ0n) is 13.8. The molecule has 0 atom stereocenters. The second-order valence-corrected chi connectivity index (χ2v) is 5.61. The maximum absolute atomic E-state index is 11.6. The minimum Gasteiger partial charge on any atom is -0.478 e. The topological polar surface area (TPSA) is 102 Å². The summed E-state index contributed by atoms with van der Waals surface area (Å²) in [6.07, 6.45) is 0. The zero-order chi connectivity index (χ0) is 17.3. The van der Waals surface area contributed by atoms with Crippen LogP contribution in [0.5, 0.6) is 0 Å². The molecule has 0 fully saturated rings. The van der Waals surface area contributed by atoms with E-state index in [9.17, 15) is 9.90 Å². The minimum atomic E-state index is -0.980. The smallest absolute Gasteiger partial charge is 0.336 e. The Morgan fingerprint density at radius 2 is 1.52 bits per heavy atom. The highest BCUT2D eigenvalue weighted by Crippen LogP contribution is 2.41. The molecule has 0 spiro atoms. The Labute approximate surface area is 135 Å². The molecule has 0 saturated carbocycles. The molecule has 0 radical (unpaired) electrons. The Morgan fingerprint density at radius 1 is 0.957 bits per heavy atom. The lowest BCUT2D eigenvalue weighted by Gasteiger charge is -2.20. The van der Waals surface area contributed by atoms with E-state index in [1.807, 2.05) is 33.8 Å². The van der Waals surface area contributed by atoms with E-state index in [1.165, 1.54) is 0 Å². The number of carbonyl (C=O) groups is 1. The van der Waals surface area contributed by atoms with E-state index in [0.717, 1.165) is 27.8 Å². The number of rotatable bonds is 3. The Bertz CT molecular complexity index is 820. The molecule has 5 heteroatoms. The summed E-state index contributed by atoms with van der Waals surface area (Å²) < 4.78 is 0. The number of hydrogen-bond acceptors (Lipinski definition) is 2. The van der Waals surface area contributed by atoms with Crippen molar-refractivity contribution in [1.82, 2.24) is 0 Å². The second kappa shape index (κ2) is 6.12. The number of nitrogens with two attached hydrogens (primary N) is 2. The average molecular weight is 311 g/mol. The Morgan fingerprint density at radius 3 is 2.09 bits per heavy atom. The largest absolute Gasteiger partial charge is 0.478 e. The highest BCUT2D eigenvalue weighted by molar-refractivity contribution is 6.00. The molecule has 0 aliphatic rings. The van der Waals surface area contributed by atoms with Crippen molar-refractivity contribution >= 4 is 17.6 Å². The monoisotopic (exact) mass is 311 g/mol. The van der Waals surface area contributed by atoms with Crippen LogP contribution in [0.3, 0.4) is 0 Å². The molecule has 0 unspecified atom stereocenters. The van der Waals surface area contributed by atoms with E-state index < -0.39 is 5.97 Å². The van der Waals surface area contributed by atoms with Crippen LogP contribution in [-0.2, 0) is 0 Å². The summed E-state index contributed by atoms with van der Waals surface area (Å²) in [7, 11) is 0. The van der Waals surface area contributed by atoms with Gasteiger partial charge in [0.1, 0.15) is 0 Å². The van der Waals surface area contributed by atoms with Gasteiger partial charge in [-0.2, -0.15) is 0 Å². The van der Waals surface area contributed by atoms with Gasteiger partial charge in [-0.25, -0.2) is 9.79 Å². The van der Waals surface area contributed by atoms with Crippen LogP contribution in [0.1, 0.15) is 32.6 Å². The fourth-order valence-electron chi connectivity index (χ4n) is 2.78. The van der Waals surface area contributed by atoms with Gasteiger partial charge < -0.3 is 16.6 Å². The molecule has 0 amide bonds. The molecule has 0 aliphatic heterocycles. The summed E-state index contributed by atoms with van der Waals surface area (Å²) in [5, 5.41) is 9.50. The number of guanidine groups is 1. The molecular formula is C18H21N3O2. The molecule has 0 aromatic heterocycles. The number of carboxylic acid groups (broad SMARTS) is 1. The molecule has 0 bridgehead atoms. The van der Waals surface area contributed by atoms with Crippen LogP contribution in [0, 0.1) is 27.7 Å². The summed E-state index contributed by atoms with van der Waals surface area (Å²) in [5.74, 6) is -1.03. The van der Waals surface area contributed by atoms with Crippen molar-refractivity contribution in [2.75, 3.05) is 0 Å². The van der Waals surface area contributed by atoms with E-state index >= 15 is 0 Å². The highest BCUT2D eigenvalue weighted by atomic mass is 16.4. The molecule has 2 rings (SSSR count). The number of benzene rings is 2. The summed E-state index contributed by atoms with van der Waals surface area (Å²) in [5.41, 5.74) is 17.5. The number of carboxylic acids is 1. The van der Waals surface area contributed by atoms with Crippen molar-refractivity contribution < 1.29 is 9.90 Å². The van der Waals surface area contributed by atoms with Crippen LogP contribution in [0.4, 0.5) is 5.69 Å². The van der Waals surface area contributed by atoms with Crippen molar-refractivity contribution in [3.63, 3.8) is 0 Å².